The van der Waals surface area contributed by atoms with Crippen molar-refractivity contribution in [1.82, 2.24) is 0 Å². The lowest BCUT2D eigenvalue weighted by Gasteiger charge is -2.08. The Morgan fingerprint density at radius 1 is 0.900 bits per heavy atom. The van der Waals surface area contributed by atoms with E-state index in [4.69, 9.17) is 18.9 Å². The second kappa shape index (κ2) is 8.13. The van der Waals surface area contributed by atoms with Crippen molar-refractivity contribution in [3.05, 3.63) is 89.2 Å². The molecule has 0 spiro atoms. The Balaban J connectivity index is 1.54. The molecule has 30 heavy (non-hydrogen) atoms. The topological polar surface area (TPSA) is 71.1 Å². The largest absolute Gasteiger partial charge is 0.497 e. The summed E-state index contributed by atoms with van der Waals surface area (Å²) in [5, 5.41) is 0. The lowest BCUT2D eigenvalue weighted by molar-refractivity contribution is 0.0731. The van der Waals surface area contributed by atoms with Crippen molar-refractivity contribution in [2.24, 2.45) is 0 Å². The summed E-state index contributed by atoms with van der Waals surface area (Å²) in [6.45, 7) is 0. The summed E-state index contributed by atoms with van der Waals surface area (Å²) in [6.07, 6.45) is 1.66. The molecule has 6 heteroatoms. The van der Waals surface area contributed by atoms with E-state index in [0.29, 0.717) is 22.6 Å². The van der Waals surface area contributed by atoms with Crippen LogP contribution in [-0.4, -0.2) is 26.0 Å². The third kappa shape index (κ3) is 3.75. The van der Waals surface area contributed by atoms with Gasteiger partial charge in [-0.3, -0.25) is 4.79 Å². The number of hydrogen-bond acceptors (Lipinski definition) is 6. The van der Waals surface area contributed by atoms with E-state index >= 15 is 0 Å². The van der Waals surface area contributed by atoms with Crippen molar-refractivity contribution in [1.29, 1.82) is 0 Å². The number of benzene rings is 3. The van der Waals surface area contributed by atoms with Gasteiger partial charge in [-0.2, -0.15) is 0 Å². The summed E-state index contributed by atoms with van der Waals surface area (Å²) in [5.41, 5.74) is 1.51. The standard InChI is InChI=1S/C24H18O6/c1-27-16-9-7-15(8-10-16)13-22-23(25)18-12-11-17(14-21(18)30-22)29-24(26)19-5-3-4-6-20(19)28-2/h3-14H,1-2H3. The highest BCUT2D eigenvalue weighted by Gasteiger charge is 2.28. The van der Waals surface area contributed by atoms with Gasteiger partial charge in [0.05, 0.1) is 19.8 Å². The highest BCUT2D eigenvalue weighted by atomic mass is 16.5. The maximum atomic E-state index is 12.6. The summed E-state index contributed by atoms with van der Waals surface area (Å²) in [4.78, 5) is 25.1. The van der Waals surface area contributed by atoms with Gasteiger partial charge in [-0.25, -0.2) is 4.79 Å². The van der Waals surface area contributed by atoms with Gasteiger partial charge in [0.2, 0.25) is 5.78 Å². The van der Waals surface area contributed by atoms with Crippen LogP contribution in [-0.2, 0) is 0 Å². The number of ether oxygens (including phenoxy) is 4. The van der Waals surface area contributed by atoms with Gasteiger partial charge in [0.25, 0.3) is 0 Å². The SMILES string of the molecule is COc1ccc(C=C2Oc3cc(OC(=O)c4ccccc4OC)ccc3C2=O)cc1. The van der Waals surface area contributed by atoms with E-state index in [1.807, 2.05) is 12.1 Å². The first-order chi connectivity index (χ1) is 14.6. The first-order valence-corrected chi connectivity index (χ1v) is 9.16. The van der Waals surface area contributed by atoms with Gasteiger partial charge < -0.3 is 18.9 Å². The van der Waals surface area contributed by atoms with Gasteiger partial charge in [0.15, 0.2) is 5.76 Å². The lowest BCUT2D eigenvalue weighted by atomic mass is 10.1. The van der Waals surface area contributed by atoms with Crippen LogP contribution in [0.1, 0.15) is 26.3 Å². The Bertz CT molecular complexity index is 1140. The zero-order valence-corrected chi connectivity index (χ0v) is 16.4. The molecule has 0 aliphatic carbocycles. The second-order valence-electron chi connectivity index (χ2n) is 6.46. The second-order valence-corrected chi connectivity index (χ2v) is 6.46. The maximum Gasteiger partial charge on any atom is 0.347 e. The smallest absolute Gasteiger partial charge is 0.347 e. The first-order valence-electron chi connectivity index (χ1n) is 9.16. The molecule has 0 radical (unpaired) electrons. The fourth-order valence-electron chi connectivity index (χ4n) is 3.06. The molecule has 0 N–H and O–H groups in total. The van der Waals surface area contributed by atoms with Crippen molar-refractivity contribution < 1.29 is 28.5 Å². The van der Waals surface area contributed by atoms with Crippen LogP contribution in [0.3, 0.4) is 0 Å². The molecule has 0 amide bonds. The normalized spacial score (nSPS) is 13.5. The molecule has 1 heterocycles. The number of esters is 1. The van der Waals surface area contributed by atoms with Gasteiger partial charge in [0.1, 0.15) is 28.6 Å². The molecule has 3 aromatic carbocycles. The number of para-hydroxylation sites is 1. The number of ketones is 1. The van der Waals surface area contributed by atoms with Crippen LogP contribution in [0.5, 0.6) is 23.0 Å². The highest BCUT2D eigenvalue weighted by Crippen LogP contribution is 2.35. The van der Waals surface area contributed by atoms with Crippen molar-refractivity contribution in [3.8, 4) is 23.0 Å². The maximum absolute atomic E-state index is 12.6. The van der Waals surface area contributed by atoms with E-state index in [-0.39, 0.29) is 17.3 Å². The molecular weight excluding hydrogens is 384 g/mol. The molecule has 1 aliphatic heterocycles. The quantitative estimate of drug-likeness (QED) is 0.355. The van der Waals surface area contributed by atoms with Crippen LogP contribution in [0, 0.1) is 0 Å². The van der Waals surface area contributed by atoms with Gasteiger partial charge in [-0.05, 0) is 48.0 Å². The molecule has 0 unspecified atom stereocenters. The average molecular weight is 402 g/mol. The number of rotatable bonds is 5. The number of carbonyl (C=O) groups is 2. The minimum Gasteiger partial charge on any atom is -0.497 e. The lowest BCUT2D eigenvalue weighted by Crippen LogP contribution is -2.10. The zero-order valence-electron chi connectivity index (χ0n) is 16.4. The Morgan fingerprint density at radius 2 is 1.63 bits per heavy atom. The summed E-state index contributed by atoms with van der Waals surface area (Å²) in [5.74, 6) is 1.14. The van der Waals surface area contributed by atoms with E-state index in [1.54, 1.807) is 61.7 Å². The van der Waals surface area contributed by atoms with Gasteiger partial charge >= 0.3 is 5.97 Å². The molecule has 1 aliphatic rings. The predicted octanol–water partition coefficient (Wildman–Crippen LogP) is 4.54. The van der Waals surface area contributed by atoms with Crippen LogP contribution in [0.15, 0.2) is 72.5 Å². The number of methoxy groups -OCH3 is 2. The molecule has 0 atom stereocenters. The Kier molecular flexibility index (Phi) is 5.22. The van der Waals surface area contributed by atoms with Crippen LogP contribution >= 0.6 is 0 Å². The van der Waals surface area contributed by atoms with E-state index in [1.165, 1.54) is 13.2 Å². The third-order valence-corrected chi connectivity index (χ3v) is 4.59. The Labute approximate surface area is 173 Å². The number of carbonyl (C=O) groups excluding carboxylic acids is 2. The van der Waals surface area contributed by atoms with E-state index < -0.39 is 5.97 Å². The zero-order chi connectivity index (χ0) is 21.1. The number of fused-ring (bicyclic) bond motifs is 1. The minimum atomic E-state index is -0.564. The highest BCUT2D eigenvalue weighted by molar-refractivity contribution is 6.14. The Hall–Kier alpha value is -4.06. The van der Waals surface area contributed by atoms with Gasteiger partial charge in [-0.15, -0.1) is 0 Å². The average Bonchev–Trinajstić information content (AvgIpc) is 3.08. The molecule has 150 valence electrons. The summed E-state index contributed by atoms with van der Waals surface area (Å²) < 4.78 is 21.5. The fraction of sp³-hybridized carbons (Fsp3) is 0.0833. The molecule has 0 aromatic heterocycles. The molecule has 6 nitrogen and oxygen atoms in total. The fourth-order valence-corrected chi connectivity index (χ4v) is 3.06. The van der Waals surface area contributed by atoms with E-state index in [9.17, 15) is 9.59 Å². The minimum absolute atomic E-state index is 0.198. The molecular formula is C24H18O6. The monoisotopic (exact) mass is 402 g/mol. The molecule has 3 aromatic rings. The van der Waals surface area contributed by atoms with Crippen LogP contribution < -0.4 is 18.9 Å². The number of hydrogen-bond donors (Lipinski definition) is 0. The van der Waals surface area contributed by atoms with Crippen molar-refractivity contribution in [3.63, 3.8) is 0 Å². The first kappa shape index (κ1) is 19.3. The van der Waals surface area contributed by atoms with Crippen LogP contribution in [0.2, 0.25) is 0 Å². The van der Waals surface area contributed by atoms with Crippen molar-refractivity contribution in [2.45, 2.75) is 0 Å². The molecule has 0 fully saturated rings. The third-order valence-electron chi connectivity index (χ3n) is 4.59. The molecule has 4 rings (SSSR count). The predicted molar refractivity (Wildman–Crippen MR) is 110 cm³/mol. The van der Waals surface area contributed by atoms with Crippen LogP contribution in [0.25, 0.3) is 6.08 Å². The van der Waals surface area contributed by atoms with Crippen molar-refractivity contribution in [2.75, 3.05) is 14.2 Å². The van der Waals surface area contributed by atoms with E-state index in [0.717, 1.165) is 11.3 Å². The summed E-state index contributed by atoms with van der Waals surface area (Å²) in [7, 11) is 3.07. The molecule has 0 bridgehead atoms. The number of allylic oxidation sites excluding steroid dienone is 1. The summed E-state index contributed by atoms with van der Waals surface area (Å²) in [6, 6.07) is 18.7. The van der Waals surface area contributed by atoms with Gasteiger partial charge in [-0.1, -0.05) is 24.3 Å². The number of Topliss-reactive ketones (excluding diaryl/α,β-unsaturated/α-hetero) is 1. The van der Waals surface area contributed by atoms with Gasteiger partial charge in [0, 0.05) is 6.07 Å². The van der Waals surface area contributed by atoms with Crippen LogP contribution in [0.4, 0.5) is 0 Å². The Morgan fingerprint density at radius 3 is 2.37 bits per heavy atom. The van der Waals surface area contributed by atoms with Crippen molar-refractivity contribution >= 4 is 17.8 Å². The molecule has 0 saturated carbocycles. The van der Waals surface area contributed by atoms with E-state index in [2.05, 4.69) is 0 Å². The summed E-state index contributed by atoms with van der Waals surface area (Å²) >= 11 is 0. The molecule has 0 saturated heterocycles.